The van der Waals surface area contributed by atoms with E-state index in [1.807, 2.05) is 56.3 Å². The van der Waals surface area contributed by atoms with Crippen LogP contribution in [0.15, 0.2) is 42.5 Å². The molecule has 0 radical (unpaired) electrons. The van der Waals surface area contributed by atoms with Gasteiger partial charge in [0.25, 0.3) is 0 Å². The molecule has 2 aromatic carbocycles. The molecule has 0 aromatic heterocycles. The van der Waals surface area contributed by atoms with Crippen molar-refractivity contribution < 1.29 is 14.6 Å². The number of ether oxygens (including phenoxy) is 1. The van der Waals surface area contributed by atoms with Gasteiger partial charge >= 0.3 is 5.97 Å². The van der Waals surface area contributed by atoms with E-state index >= 15 is 0 Å². The van der Waals surface area contributed by atoms with Gasteiger partial charge < -0.3 is 9.84 Å². The lowest BCUT2D eigenvalue weighted by atomic mass is 9.70. The Balaban J connectivity index is 2.16. The van der Waals surface area contributed by atoms with E-state index in [2.05, 4.69) is 4.90 Å². The minimum absolute atomic E-state index is 0.102. The fraction of sp³-hybridized carbons (Fsp3) is 0.450. The maximum Gasteiger partial charge on any atom is 0.315 e. The first-order valence-electron chi connectivity index (χ1n) is 8.64. The molecule has 2 atom stereocenters. The van der Waals surface area contributed by atoms with Crippen molar-refractivity contribution in [1.29, 1.82) is 0 Å². The van der Waals surface area contributed by atoms with Gasteiger partial charge in [-0.15, -0.1) is 0 Å². The average Bonchev–Trinajstić information content (AvgIpc) is 2.63. The van der Waals surface area contributed by atoms with E-state index in [-0.39, 0.29) is 6.04 Å². The molecule has 0 amide bonds. The molecule has 1 aliphatic rings. The van der Waals surface area contributed by atoms with Gasteiger partial charge in [0.15, 0.2) is 0 Å². The Bertz CT molecular complexity index is 718. The molecule has 1 fully saturated rings. The minimum Gasteiger partial charge on any atom is -0.481 e. The van der Waals surface area contributed by atoms with Crippen LogP contribution in [0.3, 0.4) is 0 Å². The van der Waals surface area contributed by atoms with Crippen LogP contribution < -0.4 is 0 Å². The number of aliphatic carboxylic acids is 1. The van der Waals surface area contributed by atoms with Gasteiger partial charge in [0, 0.05) is 19.1 Å². The summed E-state index contributed by atoms with van der Waals surface area (Å²) in [5, 5.41) is 12.4. The van der Waals surface area contributed by atoms with Crippen LogP contribution in [0.4, 0.5) is 0 Å². The van der Waals surface area contributed by atoms with Gasteiger partial charge in [-0.2, -0.15) is 0 Å². The number of fused-ring (bicyclic) bond motifs is 1. The quantitative estimate of drug-likeness (QED) is 0.915. The smallest absolute Gasteiger partial charge is 0.315 e. The van der Waals surface area contributed by atoms with Crippen molar-refractivity contribution in [2.45, 2.75) is 31.7 Å². The lowest BCUT2D eigenvalue weighted by Crippen LogP contribution is -2.56. The summed E-state index contributed by atoms with van der Waals surface area (Å²) in [7, 11) is 0. The largest absolute Gasteiger partial charge is 0.481 e. The predicted octanol–water partition coefficient (Wildman–Crippen LogP) is 3.29. The van der Waals surface area contributed by atoms with Crippen LogP contribution in [-0.2, 0) is 14.9 Å². The molecule has 4 heteroatoms. The highest BCUT2D eigenvalue weighted by Crippen LogP contribution is 2.39. The highest BCUT2D eigenvalue weighted by Gasteiger charge is 2.47. The molecule has 4 nitrogen and oxygen atoms in total. The van der Waals surface area contributed by atoms with Crippen molar-refractivity contribution in [3.63, 3.8) is 0 Å². The molecule has 3 rings (SSSR count). The number of nitrogens with zero attached hydrogens (tertiary/aromatic N) is 1. The van der Waals surface area contributed by atoms with Gasteiger partial charge in [0.1, 0.15) is 5.41 Å². The lowest BCUT2D eigenvalue weighted by molar-refractivity contribution is -0.148. The van der Waals surface area contributed by atoms with Crippen LogP contribution in [0.5, 0.6) is 0 Å². The van der Waals surface area contributed by atoms with Crippen molar-refractivity contribution in [3.8, 4) is 0 Å². The van der Waals surface area contributed by atoms with Gasteiger partial charge in [-0.25, -0.2) is 0 Å². The van der Waals surface area contributed by atoms with Gasteiger partial charge in [-0.05, 0) is 29.7 Å². The van der Waals surface area contributed by atoms with Crippen molar-refractivity contribution in [2.24, 2.45) is 0 Å². The third-order valence-electron chi connectivity index (χ3n) is 5.52. The molecule has 128 valence electrons. The summed E-state index contributed by atoms with van der Waals surface area (Å²) in [6.07, 6.45) is 0.550. The number of carboxylic acid groups (broad SMARTS) is 1. The zero-order valence-corrected chi connectivity index (χ0v) is 14.4. The zero-order valence-electron chi connectivity index (χ0n) is 14.4. The summed E-state index contributed by atoms with van der Waals surface area (Å²) < 4.78 is 5.44. The highest BCUT2D eigenvalue weighted by molar-refractivity contribution is 5.93. The summed E-state index contributed by atoms with van der Waals surface area (Å²) in [4.78, 5) is 14.8. The molecule has 2 unspecified atom stereocenters. The fourth-order valence-electron chi connectivity index (χ4n) is 4.05. The van der Waals surface area contributed by atoms with E-state index in [0.717, 1.165) is 29.4 Å². The second-order valence-electron chi connectivity index (χ2n) is 6.48. The number of benzene rings is 2. The number of rotatable bonds is 5. The summed E-state index contributed by atoms with van der Waals surface area (Å²) >= 11 is 0. The second kappa shape index (κ2) is 6.91. The van der Waals surface area contributed by atoms with Gasteiger partial charge in [-0.3, -0.25) is 9.69 Å². The Morgan fingerprint density at radius 3 is 2.54 bits per heavy atom. The van der Waals surface area contributed by atoms with Crippen molar-refractivity contribution >= 4 is 16.7 Å². The van der Waals surface area contributed by atoms with Crippen LogP contribution >= 0.6 is 0 Å². The Labute approximate surface area is 143 Å². The Morgan fingerprint density at radius 2 is 1.88 bits per heavy atom. The van der Waals surface area contributed by atoms with Gasteiger partial charge in [0.05, 0.1) is 13.2 Å². The van der Waals surface area contributed by atoms with Crippen LogP contribution in [0.2, 0.25) is 0 Å². The monoisotopic (exact) mass is 327 g/mol. The van der Waals surface area contributed by atoms with E-state index in [9.17, 15) is 9.90 Å². The number of carbonyl (C=O) groups is 1. The first-order chi connectivity index (χ1) is 11.6. The van der Waals surface area contributed by atoms with E-state index < -0.39 is 11.4 Å². The SMILES string of the molecule is CCC(C(=O)O)(c1cccc2ccccc12)C(C)N1CCOCC1. The summed E-state index contributed by atoms with van der Waals surface area (Å²) in [6.45, 7) is 6.91. The standard InChI is InChI=1S/C20H25NO3/c1-3-20(19(22)23,15(2)21-11-13-24-14-12-21)18-10-6-8-16-7-4-5-9-17(16)18/h4-10,15H,3,11-14H2,1-2H3,(H,22,23). The van der Waals surface area contributed by atoms with Gasteiger partial charge in [0.2, 0.25) is 0 Å². The topological polar surface area (TPSA) is 49.8 Å². The highest BCUT2D eigenvalue weighted by atomic mass is 16.5. The zero-order chi connectivity index (χ0) is 17.2. The average molecular weight is 327 g/mol. The summed E-state index contributed by atoms with van der Waals surface area (Å²) in [5.74, 6) is -0.750. The second-order valence-corrected chi connectivity index (χ2v) is 6.48. The van der Waals surface area contributed by atoms with E-state index in [4.69, 9.17) is 4.74 Å². The minimum atomic E-state index is -0.932. The van der Waals surface area contributed by atoms with Crippen molar-refractivity contribution in [3.05, 3.63) is 48.0 Å². The predicted molar refractivity (Wildman–Crippen MR) is 95.4 cm³/mol. The molecule has 1 heterocycles. The molecule has 2 aromatic rings. The Kier molecular flexibility index (Phi) is 4.88. The van der Waals surface area contributed by atoms with Crippen molar-refractivity contribution in [2.75, 3.05) is 26.3 Å². The fourth-order valence-corrected chi connectivity index (χ4v) is 4.05. The number of carboxylic acids is 1. The third-order valence-corrected chi connectivity index (χ3v) is 5.52. The van der Waals surface area contributed by atoms with Crippen LogP contribution in [-0.4, -0.2) is 48.3 Å². The van der Waals surface area contributed by atoms with Crippen molar-refractivity contribution in [1.82, 2.24) is 4.90 Å². The first kappa shape index (κ1) is 16.9. The first-order valence-corrected chi connectivity index (χ1v) is 8.64. The molecule has 1 saturated heterocycles. The normalized spacial score (nSPS) is 19.8. The lowest BCUT2D eigenvalue weighted by Gasteiger charge is -2.43. The van der Waals surface area contributed by atoms with Crippen LogP contribution in [0.25, 0.3) is 10.8 Å². The maximum atomic E-state index is 12.5. The molecule has 1 aliphatic heterocycles. The van der Waals surface area contributed by atoms with Gasteiger partial charge in [-0.1, -0.05) is 49.4 Å². The van der Waals surface area contributed by atoms with Crippen LogP contribution in [0.1, 0.15) is 25.8 Å². The van der Waals surface area contributed by atoms with Crippen LogP contribution in [0, 0.1) is 0 Å². The molecule has 0 spiro atoms. The van der Waals surface area contributed by atoms with E-state index in [1.165, 1.54) is 0 Å². The number of morpholine rings is 1. The summed E-state index contributed by atoms with van der Waals surface area (Å²) in [6, 6.07) is 13.9. The Morgan fingerprint density at radius 1 is 1.21 bits per heavy atom. The summed E-state index contributed by atoms with van der Waals surface area (Å²) in [5.41, 5.74) is -0.0207. The maximum absolute atomic E-state index is 12.5. The molecular weight excluding hydrogens is 302 g/mol. The third kappa shape index (κ3) is 2.70. The number of hydrogen-bond donors (Lipinski definition) is 1. The Hall–Kier alpha value is -1.91. The molecule has 0 saturated carbocycles. The molecule has 0 bridgehead atoms. The van der Waals surface area contributed by atoms with E-state index in [0.29, 0.717) is 19.6 Å². The molecular formula is C20H25NO3. The molecule has 0 aliphatic carbocycles. The molecule has 1 N–H and O–H groups in total. The van der Waals surface area contributed by atoms with E-state index in [1.54, 1.807) is 0 Å². The number of hydrogen-bond acceptors (Lipinski definition) is 3. The molecule has 24 heavy (non-hydrogen) atoms.